The average Bonchev–Trinajstić information content (AvgIpc) is 3.31. The van der Waals surface area contributed by atoms with Crippen LogP contribution in [0.15, 0.2) is 24.4 Å². The monoisotopic (exact) mass is 397 g/mol. The van der Waals surface area contributed by atoms with Crippen molar-refractivity contribution in [3.05, 3.63) is 35.5 Å². The standard InChI is InChI=1S/C24H31NO4/c1-15(26)17-10-11-18-20(14-25(21(18)13-17)23(28)24(2,3)4)19(22(27)29-5)12-16-8-6-7-9-16/h10-11,13-14,16,19H,6-9,12H2,1-5H3. The van der Waals surface area contributed by atoms with E-state index in [9.17, 15) is 14.4 Å². The molecule has 1 aliphatic rings. The summed E-state index contributed by atoms with van der Waals surface area (Å²) >= 11 is 0. The molecule has 0 aliphatic heterocycles. The summed E-state index contributed by atoms with van der Waals surface area (Å²) in [5.74, 6) is -0.316. The second-order valence-electron chi connectivity index (χ2n) is 9.26. The van der Waals surface area contributed by atoms with Gasteiger partial charge in [0.05, 0.1) is 18.5 Å². The van der Waals surface area contributed by atoms with Gasteiger partial charge in [-0.25, -0.2) is 0 Å². The normalized spacial score (nSPS) is 16.2. The highest BCUT2D eigenvalue weighted by molar-refractivity contribution is 6.03. The van der Waals surface area contributed by atoms with Crippen molar-refractivity contribution >= 4 is 28.6 Å². The quantitative estimate of drug-likeness (QED) is 0.503. The SMILES string of the molecule is COC(=O)C(CC1CCCC1)c1cn(C(=O)C(C)(C)C)c2cc(C(C)=O)ccc12. The van der Waals surface area contributed by atoms with E-state index in [1.165, 1.54) is 26.9 Å². The molecular weight excluding hydrogens is 366 g/mol. The van der Waals surface area contributed by atoms with Gasteiger partial charge in [-0.3, -0.25) is 19.0 Å². The molecule has 0 N–H and O–H groups in total. The van der Waals surface area contributed by atoms with E-state index in [1.807, 2.05) is 26.8 Å². The summed E-state index contributed by atoms with van der Waals surface area (Å²) in [5.41, 5.74) is 1.44. The van der Waals surface area contributed by atoms with Gasteiger partial charge in [0, 0.05) is 22.6 Å². The lowest BCUT2D eigenvalue weighted by Gasteiger charge is -2.19. The number of hydrogen-bond acceptors (Lipinski definition) is 4. The Labute approximate surface area is 172 Å². The fourth-order valence-electron chi connectivity index (χ4n) is 4.35. The highest BCUT2D eigenvalue weighted by Crippen LogP contribution is 2.38. The maximum absolute atomic E-state index is 13.1. The molecule has 1 unspecified atom stereocenters. The third kappa shape index (κ3) is 4.29. The molecule has 2 aromatic rings. The number of fused-ring (bicyclic) bond motifs is 1. The van der Waals surface area contributed by atoms with Gasteiger partial charge < -0.3 is 4.74 Å². The molecule has 1 aliphatic carbocycles. The van der Waals surface area contributed by atoms with E-state index in [4.69, 9.17) is 4.74 Å². The van der Waals surface area contributed by atoms with Crippen LogP contribution in [0.2, 0.25) is 0 Å². The van der Waals surface area contributed by atoms with Crippen molar-refractivity contribution in [2.24, 2.45) is 11.3 Å². The molecule has 1 fully saturated rings. The summed E-state index contributed by atoms with van der Waals surface area (Å²) in [6, 6.07) is 5.39. The first-order chi connectivity index (χ1) is 13.6. The number of methoxy groups -OCH3 is 1. The zero-order valence-corrected chi connectivity index (χ0v) is 18.1. The van der Waals surface area contributed by atoms with Crippen LogP contribution in [-0.4, -0.2) is 29.3 Å². The van der Waals surface area contributed by atoms with Crippen LogP contribution < -0.4 is 0 Å². The van der Waals surface area contributed by atoms with Crippen molar-refractivity contribution in [2.45, 2.75) is 65.7 Å². The van der Waals surface area contributed by atoms with Gasteiger partial charge in [0.15, 0.2) is 5.78 Å². The minimum atomic E-state index is -0.596. The first-order valence-corrected chi connectivity index (χ1v) is 10.4. The van der Waals surface area contributed by atoms with Crippen molar-refractivity contribution in [2.75, 3.05) is 7.11 Å². The van der Waals surface area contributed by atoms with E-state index in [0.717, 1.165) is 30.2 Å². The van der Waals surface area contributed by atoms with E-state index in [2.05, 4.69) is 0 Å². The molecule has 1 aromatic carbocycles. The van der Waals surface area contributed by atoms with Crippen LogP contribution in [0, 0.1) is 11.3 Å². The summed E-state index contributed by atoms with van der Waals surface area (Å²) in [6.07, 6.45) is 7.17. The number of carbonyl (C=O) groups excluding carboxylic acids is 3. The largest absolute Gasteiger partial charge is 0.469 e. The lowest BCUT2D eigenvalue weighted by Crippen LogP contribution is -2.26. The van der Waals surface area contributed by atoms with Gasteiger partial charge in [0.25, 0.3) is 0 Å². The zero-order valence-electron chi connectivity index (χ0n) is 18.1. The number of ether oxygens (including phenoxy) is 1. The highest BCUT2D eigenvalue weighted by Gasteiger charge is 2.32. The number of aromatic nitrogens is 1. The number of Topliss-reactive ketones (excluding diaryl/α,β-unsaturated/α-hetero) is 1. The Morgan fingerprint density at radius 3 is 2.38 bits per heavy atom. The van der Waals surface area contributed by atoms with Crippen LogP contribution in [0.5, 0.6) is 0 Å². The van der Waals surface area contributed by atoms with Crippen LogP contribution in [0.1, 0.15) is 86.4 Å². The first-order valence-electron chi connectivity index (χ1n) is 10.4. The Kier molecular flexibility index (Phi) is 5.97. The average molecular weight is 398 g/mol. The fourth-order valence-corrected chi connectivity index (χ4v) is 4.35. The fraction of sp³-hybridized carbons (Fsp3) is 0.542. The maximum Gasteiger partial charge on any atom is 0.313 e. The predicted octanol–water partition coefficient (Wildman–Crippen LogP) is 5.37. The van der Waals surface area contributed by atoms with Gasteiger partial charge in [0.2, 0.25) is 5.91 Å². The number of benzene rings is 1. The van der Waals surface area contributed by atoms with Gasteiger partial charge >= 0.3 is 5.97 Å². The Morgan fingerprint density at radius 2 is 1.83 bits per heavy atom. The molecule has 1 saturated carbocycles. The third-order valence-corrected chi connectivity index (χ3v) is 6.01. The Hall–Kier alpha value is -2.43. The molecule has 0 radical (unpaired) electrons. The molecule has 0 amide bonds. The second-order valence-corrected chi connectivity index (χ2v) is 9.26. The summed E-state index contributed by atoms with van der Waals surface area (Å²) in [6.45, 7) is 7.11. The second kappa shape index (κ2) is 8.13. The Bertz CT molecular complexity index is 942. The van der Waals surface area contributed by atoms with E-state index in [0.29, 0.717) is 17.0 Å². The van der Waals surface area contributed by atoms with E-state index < -0.39 is 11.3 Å². The van der Waals surface area contributed by atoms with Gasteiger partial charge in [-0.15, -0.1) is 0 Å². The minimum Gasteiger partial charge on any atom is -0.469 e. The minimum absolute atomic E-state index is 0.0557. The molecule has 1 aromatic heterocycles. The van der Waals surface area contributed by atoms with Gasteiger partial charge in [0.1, 0.15) is 0 Å². The van der Waals surface area contributed by atoms with Gasteiger partial charge in [-0.05, 0) is 30.9 Å². The summed E-state index contributed by atoms with van der Waals surface area (Å²) in [4.78, 5) is 37.8. The number of carbonyl (C=O) groups is 3. The van der Waals surface area contributed by atoms with Crippen LogP contribution in [0.3, 0.4) is 0 Å². The molecule has 5 heteroatoms. The van der Waals surface area contributed by atoms with Crippen LogP contribution >= 0.6 is 0 Å². The van der Waals surface area contributed by atoms with Gasteiger partial charge in [-0.1, -0.05) is 58.6 Å². The Balaban J connectivity index is 2.18. The molecule has 3 rings (SSSR count). The van der Waals surface area contributed by atoms with Crippen LogP contribution in [-0.2, 0) is 9.53 Å². The van der Waals surface area contributed by atoms with Crippen molar-refractivity contribution in [3.63, 3.8) is 0 Å². The van der Waals surface area contributed by atoms with Crippen molar-refractivity contribution in [1.29, 1.82) is 0 Å². The summed E-state index contributed by atoms with van der Waals surface area (Å²) in [5, 5.41) is 0.834. The topological polar surface area (TPSA) is 65.4 Å². The molecular formula is C24H31NO4. The number of esters is 1. The lowest BCUT2D eigenvalue weighted by molar-refractivity contribution is -0.142. The third-order valence-electron chi connectivity index (χ3n) is 6.01. The van der Waals surface area contributed by atoms with Crippen LogP contribution in [0.4, 0.5) is 0 Å². The van der Waals surface area contributed by atoms with Crippen molar-refractivity contribution in [1.82, 2.24) is 4.57 Å². The zero-order chi connectivity index (χ0) is 21.3. The van der Waals surface area contributed by atoms with E-state index >= 15 is 0 Å². The van der Waals surface area contributed by atoms with Gasteiger partial charge in [-0.2, -0.15) is 0 Å². The highest BCUT2D eigenvalue weighted by atomic mass is 16.5. The van der Waals surface area contributed by atoms with Crippen molar-refractivity contribution < 1.29 is 19.1 Å². The predicted molar refractivity (Wildman–Crippen MR) is 113 cm³/mol. The molecule has 0 spiro atoms. The number of hydrogen-bond donors (Lipinski definition) is 0. The molecule has 156 valence electrons. The van der Waals surface area contributed by atoms with E-state index in [1.54, 1.807) is 22.9 Å². The van der Waals surface area contributed by atoms with Crippen LogP contribution in [0.25, 0.3) is 10.9 Å². The number of ketones is 1. The van der Waals surface area contributed by atoms with Crippen molar-refractivity contribution in [3.8, 4) is 0 Å². The Morgan fingerprint density at radius 1 is 1.17 bits per heavy atom. The maximum atomic E-state index is 13.1. The molecule has 0 bridgehead atoms. The smallest absolute Gasteiger partial charge is 0.313 e. The molecule has 0 saturated heterocycles. The molecule has 29 heavy (non-hydrogen) atoms. The number of rotatable bonds is 5. The summed E-state index contributed by atoms with van der Waals surface area (Å²) < 4.78 is 6.75. The van der Waals surface area contributed by atoms with E-state index in [-0.39, 0.29) is 17.7 Å². The molecule has 5 nitrogen and oxygen atoms in total. The molecule has 1 atom stereocenters. The number of nitrogens with zero attached hydrogens (tertiary/aromatic N) is 1. The lowest BCUT2D eigenvalue weighted by atomic mass is 9.87. The summed E-state index contributed by atoms with van der Waals surface area (Å²) in [7, 11) is 1.41. The first kappa shape index (κ1) is 21.3. The molecule has 1 heterocycles.